The van der Waals surface area contributed by atoms with Crippen molar-refractivity contribution < 1.29 is 13.9 Å². The summed E-state index contributed by atoms with van der Waals surface area (Å²) in [6.07, 6.45) is 1.88. The van der Waals surface area contributed by atoms with Crippen LogP contribution < -0.4 is 9.64 Å². The molecule has 1 atom stereocenters. The molecular weight excluding hydrogens is 331 g/mol. The fourth-order valence-corrected chi connectivity index (χ4v) is 3.46. The molecule has 0 aliphatic carbocycles. The van der Waals surface area contributed by atoms with E-state index in [9.17, 15) is 9.18 Å². The Balaban J connectivity index is 1.53. The minimum Gasteiger partial charge on any atom is -0.494 e. The molecule has 3 rings (SSSR count). The van der Waals surface area contributed by atoms with E-state index >= 15 is 0 Å². The van der Waals surface area contributed by atoms with Crippen LogP contribution in [0.3, 0.4) is 0 Å². The van der Waals surface area contributed by atoms with Crippen molar-refractivity contribution in [3.63, 3.8) is 0 Å². The first-order valence-corrected chi connectivity index (χ1v) is 9.02. The van der Waals surface area contributed by atoms with Gasteiger partial charge < -0.3 is 14.4 Å². The molecule has 2 aromatic rings. The molecule has 0 spiro atoms. The van der Waals surface area contributed by atoms with Gasteiger partial charge in [-0.25, -0.2) is 4.39 Å². The molecule has 0 amide bonds. The number of ether oxygens (including phenoxy) is 1. The number of hydrogen-bond acceptors (Lipinski definition) is 4. The van der Waals surface area contributed by atoms with Gasteiger partial charge in [-0.05, 0) is 30.7 Å². The third kappa shape index (κ3) is 4.41. The van der Waals surface area contributed by atoms with E-state index < -0.39 is 0 Å². The van der Waals surface area contributed by atoms with Crippen molar-refractivity contribution in [2.45, 2.75) is 12.3 Å². The number of halogens is 1. The van der Waals surface area contributed by atoms with E-state index in [1.165, 1.54) is 12.1 Å². The average molecular weight is 356 g/mol. The lowest BCUT2D eigenvalue weighted by Crippen LogP contribution is -2.47. The topological polar surface area (TPSA) is 32.8 Å². The molecule has 1 unspecified atom stereocenters. The molecule has 2 aromatic carbocycles. The molecule has 1 aliphatic heterocycles. The highest BCUT2D eigenvalue weighted by Gasteiger charge is 2.21. The van der Waals surface area contributed by atoms with E-state index in [2.05, 4.69) is 9.80 Å². The van der Waals surface area contributed by atoms with Crippen LogP contribution in [0.4, 0.5) is 10.1 Å². The van der Waals surface area contributed by atoms with Gasteiger partial charge in [0.05, 0.1) is 12.8 Å². The van der Waals surface area contributed by atoms with E-state index in [-0.39, 0.29) is 11.7 Å². The quantitative estimate of drug-likeness (QED) is 0.713. The van der Waals surface area contributed by atoms with Gasteiger partial charge in [0, 0.05) is 38.2 Å². The van der Waals surface area contributed by atoms with Crippen LogP contribution >= 0.6 is 0 Å². The van der Waals surface area contributed by atoms with Crippen LogP contribution in [0.5, 0.6) is 5.75 Å². The lowest BCUT2D eigenvalue weighted by atomic mass is 9.97. The van der Waals surface area contributed by atoms with Crippen molar-refractivity contribution in [1.82, 2.24) is 4.90 Å². The number of carbonyl (C=O) groups is 1. The Morgan fingerprint density at radius 2 is 1.85 bits per heavy atom. The Bertz CT molecular complexity index is 715. The second-order valence-corrected chi connectivity index (χ2v) is 6.59. The Morgan fingerprint density at radius 1 is 1.12 bits per heavy atom. The zero-order valence-electron chi connectivity index (χ0n) is 15.1. The Morgan fingerprint density at radius 3 is 2.50 bits per heavy atom. The number of rotatable bonds is 7. The van der Waals surface area contributed by atoms with Crippen molar-refractivity contribution in [3.05, 3.63) is 59.9 Å². The van der Waals surface area contributed by atoms with Crippen molar-refractivity contribution in [1.29, 1.82) is 0 Å². The smallest absolute Gasteiger partial charge is 0.145 e. The normalized spacial score (nSPS) is 16.3. The largest absolute Gasteiger partial charge is 0.494 e. The third-order valence-electron chi connectivity index (χ3n) is 5.00. The van der Waals surface area contributed by atoms with Crippen molar-refractivity contribution in [2.24, 2.45) is 0 Å². The molecule has 0 radical (unpaired) electrons. The molecule has 1 fully saturated rings. The van der Waals surface area contributed by atoms with E-state index in [1.807, 2.05) is 30.3 Å². The van der Waals surface area contributed by atoms with Gasteiger partial charge >= 0.3 is 0 Å². The zero-order valence-corrected chi connectivity index (χ0v) is 15.1. The van der Waals surface area contributed by atoms with Crippen molar-refractivity contribution in [3.8, 4) is 5.75 Å². The Hall–Kier alpha value is -2.40. The fraction of sp³-hybridized carbons (Fsp3) is 0.381. The monoisotopic (exact) mass is 356 g/mol. The van der Waals surface area contributed by atoms with Crippen molar-refractivity contribution in [2.75, 3.05) is 44.7 Å². The van der Waals surface area contributed by atoms with Crippen LogP contribution in [0.1, 0.15) is 17.9 Å². The summed E-state index contributed by atoms with van der Waals surface area (Å²) in [6, 6.07) is 14.6. The number of benzene rings is 2. The first-order chi connectivity index (χ1) is 12.7. The summed E-state index contributed by atoms with van der Waals surface area (Å²) in [6.45, 7) is 4.45. The summed E-state index contributed by atoms with van der Waals surface area (Å²) >= 11 is 0. The summed E-state index contributed by atoms with van der Waals surface area (Å²) < 4.78 is 18.7. The van der Waals surface area contributed by atoms with Gasteiger partial charge in [-0.15, -0.1) is 0 Å². The second kappa shape index (κ2) is 8.81. The molecule has 0 aromatic heterocycles. The predicted molar refractivity (Wildman–Crippen MR) is 101 cm³/mol. The second-order valence-electron chi connectivity index (χ2n) is 6.59. The molecule has 5 heteroatoms. The van der Waals surface area contributed by atoms with Crippen LogP contribution in [0.15, 0.2) is 48.5 Å². The number of nitrogens with zero attached hydrogens (tertiary/aromatic N) is 2. The maximum absolute atomic E-state index is 13.4. The summed E-state index contributed by atoms with van der Waals surface area (Å²) in [5, 5.41) is 0. The van der Waals surface area contributed by atoms with Gasteiger partial charge in [0.25, 0.3) is 0 Å². The number of anilines is 1. The van der Waals surface area contributed by atoms with E-state index in [1.54, 1.807) is 13.2 Å². The first-order valence-electron chi connectivity index (χ1n) is 9.02. The number of carbonyl (C=O) groups excluding carboxylic acids is 1. The molecule has 0 bridgehead atoms. The summed E-state index contributed by atoms with van der Waals surface area (Å²) in [4.78, 5) is 16.0. The number of piperazine rings is 1. The molecule has 4 nitrogen and oxygen atoms in total. The minimum absolute atomic E-state index is 0.0496. The molecule has 0 saturated carbocycles. The average Bonchev–Trinajstić information content (AvgIpc) is 2.70. The summed E-state index contributed by atoms with van der Waals surface area (Å²) in [5.74, 6) is 0.236. The molecule has 1 heterocycles. The number of hydrogen-bond donors (Lipinski definition) is 0. The number of aldehydes is 1. The Labute approximate surface area is 154 Å². The Kier molecular flexibility index (Phi) is 6.23. The highest BCUT2D eigenvalue weighted by Crippen LogP contribution is 2.29. The van der Waals surface area contributed by atoms with Crippen molar-refractivity contribution >= 4 is 12.0 Å². The lowest BCUT2D eigenvalue weighted by molar-refractivity contribution is -0.109. The van der Waals surface area contributed by atoms with Gasteiger partial charge in [0.1, 0.15) is 17.9 Å². The maximum Gasteiger partial charge on any atom is 0.145 e. The SMILES string of the molecule is COc1cc(F)ccc1N1CCN(CCC(C=O)c2ccccc2)CC1. The summed E-state index contributed by atoms with van der Waals surface area (Å²) in [7, 11) is 1.57. The number of methoxy groups -OCH3 is 1. The molecule has 26 heavy (non-hydrogen) atoms. The maximum atomic E-state index is 13.4. The zero-order chi connectivity index (χ0) is 18.4. The lowest BCUT2D eigenvalue weighted by Gasteiger charge is -2.37. The van der Waals surface area contributed by atoms with Crippen LogP contribution in [-0.2, 0) is 4.79 Å². The van der Waals surface area contributed by atoms with Gasteiger partial charge in [0.15, 0.2) is 0 Å². The fourth-order valence-electron chi connectivity index (χ4n) is 3.46. The van der Waals surface area contributed by atoms with Gasteiger partial charge in [-0.3, -0.25) is 4.90 Å². The minimum atomic E-state index is -0.287. The van der Waals surface area contributed by atoms with Crippen LogP contribution in [0.25, 0.3) is 0 Å². The predicted octanol–water partition coefficient (Wildman–Crippen LogP) is 3.33. The molecular formula is C21H25FN2O2. The highest BCUT2D eigenvalue weighted by atomic mass is 19.1. The molecule has 138 valence electrons. The molecule has 1 saturated heterocycles. The van der Waals surface area contributed by atoms with Gasteiger partial charge in [-0.1, -0.05) is 30.3 Å². The van der Waals surface area contributed by atoms with Crippen LogP contribution in [0, 0.1) is 5.82 Å². The van der Waals surface area contributed by atoms with Crippen LogP contribution in [0.2, 0.25) is 0 Å². The van der Waals surface area contributed by atoms with E-state index in [0.717, 1.165) is 56.7 Å². The standard InChI is InChI=1S/C21H25FN2O2/c1-26-21-15-19(22)7-8-20(21)24-13-11-23(12-14-24)10-9-18(16-25)17-5-3-2-4-6-17/h2-8,15-16,18H,9-14H2,1H3. The highest BCUT2D eigenvalue weighted by molar-refractivity contribution is 5.62. The van der Waals surface area contributed by atoms with Gasteiger partial charge in [0.2, 0.25) is 0 Å². The van der Waals surface area contributed by atoms with E-state index in [0.29, 0.717) is 5.75 Å². The molecule has 0 N–H and O–H groups in total. The first kappa shape index (κ1) is 18.4. The van der Waals surface area contributed by atoms with Gasteiger partial charge in [-0.2, -0.15) is 0 Å². The van der Waals surface area contributed by atoms with Crippen LogP contribution in [-0.4, -0.2) is 51.0 Å². The molecule has 1 aliphatic rings. The third-order valence-corrected chi connectivity index (χ3v) is 5.00. The van der Waals surface area contributed by atoms with E-state index in [4.69, 9.17) is 4.74 Å². The summed E-state index contributed by atoms with van der Waals surface area (Å²) in [5.41, 5.74) is 2.01.